The van der Waals surface area contributed by atoms with Crippen molar-refractivity contribution in [1.82, 2.24) is 13.9 Å². The molecule has 0 aromatic heterocycles. The van der Waals surface area contributed by atoms with Crippen LogP contribution < -0.4 is 5.32 Å². The Morgan fingerprint density at radius 3 is 2.62 bits per heavy atom. The van der Waals surface area contributed by atoms with E-state index in [4.69, 9.17) is 0 Å². The van der Waals surface area contributed by atoms with Crippen molar-refractivity contribution < 1.29 is 8.42 Å². The molecule has 5 nitrogen and oxygen atoms in total. The van der Waals surface area contributed by atoms with Crippen LogP contribution >= 0.6 is 0 Å². The van der Waals surface area contributed by atoms with E-state index < -0.39 is 10.2 Å². The van der Waals surface area contributed by atoms with Crippen molar-refractivity contribution >= 4 is 10.2 Å². The molecule has 1 aliphatic heterocycles. The minimum absolute atomic E-state index is 0.474. The van der Waals surface area contributed by atoms with Crippen molar-refractivity contribution in [3.05, 3.63) is 0 Å². The van der Waals surface area contributed by atoms with Gasteiger partial charge in [0.25, 0.3) is 10.2 Å². The highest BCUT2D eigenvalue weighted by molar-refractivity contribution is 7.86. The van der Waals surface area contributed by atoms with Crippen molar-refractivity contribution in [2.75, 3.05) is 33.2 Å². The smallest absolute Gasteiger partial charge is 0.281 e. The Kier molecular flexibility index (Phi) is 4.60. The first-order valence-electron chi connectivity index (χ1n) is 8.41. The van der Waals surface area contributed by atoms with Gasteiger partial charge in [-0.1, -0.05) is 6.92 Å². The first kappa shape index (κ1) is 15.7. The van der Waals surface area contributed by atoms with E-state index in [2.05, 4.69) is 12.2 Å². The molecule has 2 saturated carbocycles. The van der Waals surface area contributed by atoms with Crippen LogP contribution in [0.3, 0.4) is 0 Å². The number of rotatable bonds is 7. The van der Waals surface area contributed by atoms with Gasteiger partial charge in [-0.2, -0.15) is 17.0 Å². The van der Waals surface area contributed by atoms with Gasteiger partial charge in [-0.05, 0) is 56.4 Å². The van der Waals surface area contributed by atoms with Crippen LogP contribution in [-0.4, -0.2) is 56.3 Å². The molecule has 6 heteroatoms. The van der Waals surface area contributed by atoms with E-state index in [-0.39, 0.29) is 0 Å². The SMILES string of the molecule is CC1CC1CN(C)S(=O)(=O)N1CCCC(CNC2CC2)C1. The fourth-order valence-electron chi connectivity index (χ4n) is 3.30. The minimum atomic E-state index is -3.26. The molecule has 1 heterocycles. The minimum Gasteiger partial charge on any atom is -0.314 e. The summed E-state index contributed by atoms with van der Waals surface area (Å²) < 4.78 is 28.7. The van der Waals surface area contributed by atoms with E-state index >= 15 is 0 Å². The third kappa shape index (κ3) is 3.97. The van der Waals surface area contributed by atoms with E-state index in [9.17, 15) is 8.42 Å². The monoisotopic (exact) mass is 315 g/mol. The lowest BCUT2D eigenvalue weighted by molar-refractivity contribution is 0.245. The normalized spacial score (nSPS) is 34.3. The van der Waals surface area contributed by atoms with Gasteiger partial charge < -0.3 is 5.32 Å². The van der Waals surface area contributed by atoms with Crippen LogP contribution in [0.2, 0.25) is 0 Å². The third-order valence-electron chi connectivity index (χ3n) is 5.24. The predicted octanol–water partition coefficient (Wildman–Crippen LogP) is 1.28. The van der Waals surface area contributed by atoms with Crippen molar-refractivity contribution in [2.24, 2.45) is 17.8 Å². The molecular weight excluding hydrogens is 286 g/mol. The molecule has 1 saturated heterocycles. The van der Waals surface area contributed by atoms with Gasteiger partial charge in [-0.3, -0.25) is 0 Å². The summed E-state index contributed by atoms with van der Waals surface area (Å²) in [7, 11) is -1.52. The molecule has 0 bridgehead atoms. The van der Waals surface area contributed by atoms with Crippen LogP contribution in [0.25, 0.3) is 0 Å². The first-order valence-corrected chi connectivity index (χ1v) is 9.81. The van der Waals surface area contributed by atoms with Gasteiger partial charge >= 0.3 is 0 Å². The summed E-state index contributed by atoms with van der Waals surface area (Å²) in [5.74, 6) is 1.74. The maximum atomic E-state index is 12.7. The van der Waals surface area contributed by atoms with Crippen molar-refractivity contribution in [3.8, 4) is 0 Å². The zero-order chi connectivity index (χ0) is 15.0. The summed E-state index contributed by atoms with van der Waals surface area (Å²) in [5.41, 5.74) is 0. The van der Waals surface area contributed by atoms with Crippen molar-refractivity contribution in [2.45, 2.75) is 45.1 Å². The molecule has 21 heavy (non-hydrogen) atoms. The predicted molar refractivity (Wildman–Crippen MR) is 84.1 cm³/mol. The second-order valence-corrected chi connectivity index (χ2v) is 9.35. The molecule has 1 N–H and O–H groups in total. The number of piperidine rings is 1. The van der Waals surface area contributed by atoms with E-state index in [1.165, 1.54) is 19.3 Å². The fourth-order valence-corrected chi connectivity index (χ4v) is 4.83. The Morgan fingerprint density at radius 1 is 1.29 bits per heavy atom. The van der Waals surface area contributed by atoms with E-state index in [0.29, 0.717) is 43.4 Å². The van der Waals surface area contributed by atoms with Gasteiger partial charge in [0, 0.05) is 32.7 Å². The number of hydrogen-bond donors (Lipinski definition) is 1. The first-order chi connectivity index (χ1) is 9.96. The third-order valence-corrected chi connectivity index (χ3v) is 7.16. The molecule has 3 aliphatic rings. The molecule has 3 unspecified atom stereocenters. The van der Waals surface area contributed by atoms with Gasteiger partial charge in [-0.25, -0.2) is 0 Å². The lowest BCUT2D eigenvalue weighted by Crippen LogP contribution is -2.48. The largest absolute Gasteiger partial charge is 0.314 e. The Labute approximate surface area is 129 Å². The molecule has 0 aromatic rings. The second kappa shape index (κ2) is 6.14. The maximum absolute atomic E-state index is 12.7. The van der Waals surface area contributed by atoms with Crippen LogP contribution in [-0.2, 0) is 10.2 Å². The summed E-state index contributed by atoms with van der Waals surface area (Å²) in [6.45, 7) is 5.23. The highest BCUT2D eigenvalue weighted by atomic mass is 32.2. The molecular formula is C15H29N3O2S. The second-order valence-electron chi connectivity index (χ2n) is 7.31. The van der Waals surface area contributed by atoms with E-state index in [1.54, 1.807) is 15.7 Å². The zero-order valence-corrected chi connectivity index (χ0v) is 14.1. The van der Waals surface area contributed by atoms with Gasteiger partial charge in [0.15, 0.2) is 0 Å². The summed E-state index contributed by atoms with van der Waals surface area (Å²) in [4.78, 5) is 0. The summed E-state index contributed by atoms with van der Waals surface area (Å²) in [6.07, 6.45) is 5.89. The molecule has 3 fully saturated rings. The highest BCUT2D eigenvalue weighted by Gasteiger charge is 2.38. The highest BCUT2D eigenvalue weighted by Crippen LogP contribution is 2.38. The number of nitrogens with zero attached hydrogens (tertiary/aromatic N) is 2. The van der Waals surface area contributed by atoms with Crippen LogP contribution in [0.4, 0.5) is 0 Å². The quantitative estimate of drug-likeness (QED) is 0.770. The lowest BCUT2D eigenvalue weighted by atomic mass is 10.00. The summed E-state index contributed by atoms with van der Waals surface area (Å²) in [5, 5.41) is 3.54. The molecule has 3 atom stereocenters. The molecule has 0 radical (unpaired) electrons. The van der Waals surface area contributed by atoms with Crippen LogP contribution in [0.15, 0.2) is 0 Å². The Bertz CT molecular complexity index is 464. The molecule has 3 rings (SSSR count). The Morgan fingerprint density at radius 2 is 2.00 bits per heavy atom. The van der Waals surface area contributed by atoms with Gasteiger partial charge in [-0.15, -0.1) is 0 Å². The van der Waals surface area contributed by atoms with Crippen LogP contribution in [0, 0.1) is 17.8 Å². The molecule has 0 amide bonds. The van der Waals surface area contributed by atoms with E-state index in [0.717, 1.165) is 19.4 Å². The number of nitrogens with one attached hydrogen (secondary N) is 1. The van der Waals surface area contributed by atoms with Crippen molar-refractivity contribution in [3.63, 3.8) is 0 Å². The van der Waals surface area contributed by atoms with Gasteiger partial charge in [0.2, 0.25) is 0 Å². The van der Waals surface area contributed by atoms with E-state index in [1.807, 2.05) is 0 Å². The summed E-state index contributed by atoms with van der Waals surface area (Å²) >= 11 is 0. The van der Waals surface area contributed by atoms with Crippen molar-refractivity contribution in [1.29, 1.82) is 0 Å². The Hall–Kier alpha value is -0.170. The number of hydrogen-bond acceptors (Lipinski definition) is 3. The van der Waals surface area contributed by atoms with Crippen LogP contribution in [0.1, 0.15) is 39.0 Å². The topological polar surface area (TPSA) is 52.7 Å². The lowest BCUT2D eigenvalue weighted by Gasteiger charge is -2.34. The Balaban J connectivity index is 1.52. The standard InChI is InChI=1S/C15H29N3O2S/c1-12-8-14(12)11-17(2)21(19,20)18-7-3-4-13(10-18)9-16-15-5-6-15/h12-16H,3-11H2,1-2H3. The molecule has 122 valence electrons. The maximum Gasteiger partial charge on any atom is 0.281 e. The molecule has 2 aliphatic carbocycles. The average molecular weight is 315 g/mol. The van der Waals surface area contributed by atoms with Gasteiger partial charge in [0.1, 0.15) is 0 Å². The van der Waals surface area contributed by atoms with Crippen LogP contribution in [0.5, 0.6) is 0 Å². The average Bonchev–Trinajstić information content (AvgIpc) is 3.36. The zero-order valence-electron chi connectivity index (χ0n) is 13.3. The summed E-state index contributed by atoms with van der Waals surface area (Å²) in [6, 6.07) is 0.705. The fraction of sp³-hybridized carbons (Fsp3) is 1.00. The molecule has 0 aromatic carbocycles. The molecule has 0 spiro atoms. The van der Waals surface area contributed by atoms with Gasteiger partial charge in [0.05, 0.1) is 0 Å².